The van der Waals surface area contributed by atoms with Crippen molar-refractivity contribution in [3.63, 3.8) is 0 Å². The number of aliphatic carboxylic acids is 1. The summed E-state index contributed by atoms with van der Waals surface area (Å²) in [5, 5.41) is 11.3. The zero-order valence-electron chi connectivity index (χ0n) is 8.88. The molecular formula is C13H12O2Se. The third-order valence-electron chi connectivity index (χ3n) is 2.38. The van der Waals surface area contributed by atoms with Crippen molar-refractivity contribution in [1.29, 1.82) is 0 Å². The van der Waals surface area contributed by atoms with Crippen LogP contribution >= 0.6 is 0 Å². The van der Waals surface area contributed by atoms with E-state index in [1.807, 2.05) is 18.2 Å². The number of hydrogen-bond acceptors (Lipinski definition) is 1. The molecule has 2 aromatic carbocycles. The summed E-state index contributed by atoms with van der Waals surface area (Å²) in [6.07, 6.45) is 0. The van der Waals surface area contributed by atoms with Crippen molar-refractivity contribution in [2.45, 2.75) is 11.7 Å². The summed E-state index contributed by atoms with van der Waals surface area (Å²) >= 11 is -0.00410. The van der Waals surface area contributed by atoms with Gasteiger partial charge >= 0.3 is 100 Å². The van der Waals surface area contributed by atoms with Crippen molar-refractivity contribution in [1.82, 2.24) is 0 Å². The van der Waals surface area contributed by atoms with Gasteiger partial charge in [-0.3, -0.25) is 0 Å². The quantitative estimate of drug-likeness (QED) is 0.873. The Hall–Kier alpha value is -1.31. The van der Waals surface area contributed by atoms with Gasteiger partial charge in [0.1, 0.15) is 0 Å². The normalized spacial score (nSPS) is 12.6. The number of rotatable bonds is 3. The average molecular weight is 279 g/mol. The van der Waals surface area contributed by atoms with Crippen LogP contribution in [-0.2, 0) is 4.79 Å². The van der Waals surface area contributed by atoms with Crippen LogP contribution in [0.1, 0.15) is 6.92 Å². The predicted molar refractivity (Wildman–Crippen MR) is 66.4 cm³/mol. The van der Waals surface area contributed by atoms with E-state index < -0.39 is 5.97 Å². The molecule has 0 unspecified atom stereocenters. The number of hydrogen-bond donors (Lipinski definition) is 1. The average Bonchev–Trinajstić information content (AvgIpc) is 2.28. The molecule has 0 amide bonds. The first-order chi connectivity index (χ1) is 7.66. The molecule has 0 saturated carbocycles. The first-order valence-corrected chi connectivity index (χ1v) is 6.89. The van der Waals surface area contributed by atoms with Crippen LogP contribution in [-0.4, -0.2) is 26.0 Å². The third-order valence-corrected chi connectivity index (χ3v) is 4.65. The minimum atomic E-state index is -0.715. The van der Waals surface area contributed by atoms with Gasteiger partial charge in [0.05, 0.1) is 0 Å². The standard InChI is InChI=1S/C13H12O2Se/c1-9(13(14)15)16-12-7-6-10-4-2-3-5-11(10)8-12/h2-9H,1H3,(H,14,15)/t9-/m0/s1. The van der Waals surface area contributed by atoms with Crippen molar-refractivity contribution in [2.75, 3.05) is 0 Å². The van der Waals surface area contributed by atoms with Crippen LogP contribution in [0.4, 0.5) is 0 Å². The Labute approximate surface area is 100 Å². The third kappa shape index (κ3) is 2.43. The molecule has 1 N–H and O–H groups in total. The van der Waals surface area contributed by atoms with Gasteiger partial charge in [-0.2, -0.15) is 0 Å². The van der Waals surface area contributed by atoms with Crippen LogP contribution in [0.2, 0.25) is 4.82 Å². The summed E-state index contributed by atoms with van der Waals surface area (Å²) in [7, 11) is 0. The fourth-order valence-corrected chi connectivity index (χ4v) is 3.28. The van der Waals surface area contributed by atoms with E-state index in [2.05, 4.69) is 24.3 Å². The molecule has 0 aliphatic carbocycles. The van der Waals surface area contributed by atoms with Crippen molar-refractivity contribution in [3.8, 4) is 0 Å². The van der Waals surface area contributed by atoms with Gasteiger partial charge in [0, 0.05) is 0 Å². The molecule has 16 heavy (non-hydrogen) atoms. The summed E-state index contributed by atoms with van der Waals surface area (Å²) in [6, 6.07) is 14.3. The van der Waals surface area contributed by atoms with Crippen LogP contribution in [0, 0.1) is 0 Å². The molecule has 0 aromatic heterocycles. The van der Waals surface area contributed by atoms with Gasteiger partial charge in [-0.1, -0.05) is 0 Å². The number of fused-ring (bicyclic) bond motifs is 1. The molecule has 0 fully saturated rings. The molecule has 3 heteroatoms. The molecule has 2 rings (SSSR count). The second-order valence-corrected chi connectivity index (χ2v) is 6.57. The van der Waals surface area contributed by atoms with E-state index in [1.165, 1.54) is 10.8 Å². The van der Waals surface area contributed by atoms with E-state index in [-0.39, 0.29) is 19.8 Å². The number of carboxylic acid groups (broad SMARTS) is 1. The van der Waals surface area contributed by atoms with E-state index in [0.29, 0.717) is 0 Å². The van der Waals surface area contributed by atoms with Gasteiger partial charge in [-0.25, -0.2) is 0 Å². The number of benzene rings is 2. The topological polar surface area (TPSA) is 37.3 Å². The molecule has 82 valence electrons. The maximum atomic E-state index is 10.8. The second-order valence-electron chi connectivity index (χ2n) is 3.61. The zero-order chi connectivity index (χ0) is 11.5. The molecule has 0 spiro atoms. The summed E-state index contributed by atoms with van der Waals surface area (Å²) in [6.45, 7) is 1.76. The Morgan fingerprint density at radius 1 is 1.19 bits per heavy atom. The van der Waals surface area contributed by atoms with E-state index >= 15 is 0 Å². The second kappa shape index (κ2) is 4.69. The zero-order valence-corrected chi connectivity index (χ0v) is 10.6. The number of carboxylic acids is 1. The summed E-state index contributed by atoms with van der Waals surface area (Å²) < 4.78 is 1.14. The van der Waals surface area contributed by atoms with Gasteiger partial charge in [-0.15, -0.1) is 0 Å². The molecule has 2 aromatic rings. The van der Waals surface area contributed by atoms with Crippen molar-refractivity contribution >= 4 is 36.2 Å². The molecule has 0 aliphatic rings. The molecule has 2 nitrogen and oxygen atoms in total. The molecule has 0 radical (unpaired) electrons. The SMILES string of the molecule is C[C@H]([Se]c1ccc2ccccc2c1)C(=O)O. The first-order valence-electron chi connectivity index (χ1n) is 5.05. The van der Waals surface area contributed by atoms with Crippen LogP contribution < -0.4 is 4.46 Å². The molecule has 0 bridgehead atoms. The molecular weight excluding hydrogens is 267 g/mol. The van der Waals surface area contributed by atoms with Crippen molar-refractivity contribution in [2.24, 2.45) is 0 Å². The van der Waals surface area contributed by atoms with Crippen LogP contribution in [0.15, 0.2) is 42.5 Å². The Bertz CT molecular complexity index is 522. The Morgan fingerprint density at radius 2 is 1.88 bits per heavy atom. The van der Waals surface area contributed by atoms with Gasteiger partial charge in [-0.05, 0) is 0 Å². The summed E-state index contributed by atoms with van der Waals surface area (Å²) in [5.41, 5.74) is 0. The molecule has 0 aliphatic heterocycles. The number of carbonyl (C=O) groups is 1. The van der Waals surface area contributed by atoms with E-state index in [9.17, 15) is 4.79 Å². The fraction of sp³-hybridized carbons (Fsp3) is 0.154. The molecule has 0 saturated heterocycles. The Morgan fingerprint density at radius 3 is 2.56 bits per heavy atom. The van der Waals surface area contributed by atoms with Crippen molar-refractivity contribution < 1.29 is 9.90 Å². The minimum absolute atomic E-state index is 0.00410. The van der Waals surface area contributed by atoms with E-state index in [0.717, 1.165) is 4.46 Å². The summed E-state index contributed by atoms with van der Waals surface area (Å²) in [4.78, 5) is 10.5. The Balaban J connectivity index is 2.29. The molecule has 0 heterocycles. The van der Waals surface area contributed by atoms with Crippen LogP contribution in [0.25, 0.3) is 10.8 Å². The van der Waals surface area contributed by atoms with E-state index in [4.69, 9.17) is 5.11 Å². The van der Waals surface area contributed by atoms with Gasteiger partial charge in [0.2, 0.25) is 0 Å². The van der Waals surface area contributed by atoms with Gasteiger partial charge in [0.25, 0.3) is 0 Å². The molecule has 1 atom stereocenters. The van der Waals surface area contributed by atoms with Gasteiger partial charge < -0.3 is 0 Å². The predicted octanol–water partition coefficient (Wildman–Crippen LogP) is 2.06. The monoisotopic (exact) mass is 280 g/mol. The maximum absolute atomic E-state index is 10.8. The van der Waals surface area contributed by atoms with E-state index in [1.54, 1.807) is 6.92 Å². The fourth-order valence-electron chi connectivity index (χ4n) is 1.50. The van der Waals surface area contributed by atoms with Crippen LogP contribution in [0.5, 0.6) is 0 Å². The van der Waals surface area contributed by atoms with Gasteiger partial charge in [0.15, 0.2) is 0 Å². The summed E-state index contributed by atoms with van der Waals surface area (Å²) in [5.74, 6) is -0.715. The first kappa shape index (κ1) is 11.2. The van der Waals surface area contributed by atoms with Crippen molar-refractivity contribution in [3.05, 3.63) is 42.5 Å². The Kier molecular flexibility index (Phi) is 3.28. The van der Waals surface area contributed by atoms with Crippen LogP contribution in [0.3, 0.4) is 0 Å².